The minimum atomic E-state index is -0.778. The number of carbonyl (C=O) groups excluding carboxylic acids is 2. The molecule has 0 aliphatic rings. The maximum absolute atomic E-state index is 13.0. The highest BCUT2D eigenvalue weighted by molar-refractivity contribution is 5.91. The highest BCUT2D eigenvalue weighted by atomic mass is 19.1. The third-order valence-corrected chi connectivity index (χ3v) is 2.54. The molecule has 0 aliphatic heterocycles. The van der Waals surface area contributed by atoms with Crippen molar-refractivity contribution >= 4 is 18.2 Å². The van der Waals surface area contributed by atoms with Crippen LogP contribution in [-0.4, -0.2) is 35.7 Å². The molecule has 7 heteroatoms. The van der Waals surface area contributed by atoms with Crippen molar-refractivity contribution < 1.29 is 18.7 Å². The van der Waals surface area contributed by atoms with Crippen LogP contribution in [0, 0.1) is 5.82 Å². The maximum atomic E-state index is 13.0. The van der Waals surface area contributed by atoms with Crippen LogP contribution in [0.3, 0.4) is 0 Å². The van der Waals surface area contributed by atoms with E-state index < -0.39 is 17.7 Å². The summed E-state index contributed by atoms with van der Waals surface area (Å²) in [5.41, 5.74) is 5.27. The molecule has 0 aliphatic carbocycles. The second-order valence-electron chi connectivity index (χ2n) is 5.76. The van der Waals surface area contributed by atoms with Crippen molar-refractivity contribution in [2.45, 2.75) is 26.4 Å². The topological polar surface area (TPSA) is 84.7 Å². The summed E-state index contributed by atoms with van der Waals surface area (Å²) < 4.78 is 18.2. The van der Waals surface area contributed by atoms with Gasteiger partial charge in [-0.2, -0.15) is 0 Å². The van der Waals surface area contributed by atoms with Crippen LogP contribution in [0.15, 0.2) is 30.5 Å². The van der Waals surface area contributed by atoms with E-state index in [0.717, 1.165) is 4.90 Å². The van der Waals surface area contributed by atoms with Crippen molar-refractivity contribution in [2.75, 3.05) is 13.1 Å². The Morgan fingerprint density at radius 3 is 2.65 bits per heavy atom. The molecule has 0 saturated heterocycles. The normalized spacial score (nSPS) is 11.3. The molecule has 0 atom stereocenters. The summed E-state index contributed by atoms with van der Waals surface area (Å²) in [6.07, 6.45) is 2.06. The van der Waals surface area contributed by atoms with E-state index in [1.165, 1.54) is 24.4 Å². The lowest BCUT2D eigenvalue weighted by atomic mass is 10.2. The van der Waals surface area contributed by atoms with Gasteiger partial charge < -0.3 is 15.8 Å². The molecule has 0 radical (unpaired) electrons. The fourth-order valence-corrected chi connectivity index (χ4v) is 1.62. The highest BCUT2D eigenvalue weighted by Gasteiger charge is 2.26. The maximum Gasteiger partial charge on any atom is 0.418 e. The first-order valence-electron chi connectivity index (χ1n) is 7.16. The van der Waals surface area contributed by atoms with Crippen LogP contribution in [-0.2, 0) is 4.74 Å². The molecule has 6 nitrogen and oxygen atoms in total. The van der Waals surface area contributed by atoms with Gasteiger partial charge in [-0.3, -0.25) is 0 Å². The van der Waals surface area contributed by atoms with E-state index in [4.69, 9.17) is 10.5 Å². The Balaban J connectivity index is 2.69. The van der Waals surface area contributed by atoms with E-state index in [0.29, 0.717) is 5.56 Å². The Bertz CT molecular complexity index is 582. The number of nitrogens with one attached hydrogen (secondary N) is 1. The van der Waals surface area contributed by atoms with E-state index in [1.54, 1.807) is 32.9 Å². The number of hydrogen-bond donors (Lipinski definition) is 2. The number of benzene rings is 1. The Morgan fingerprint density at radius 2 is 2.09 bits per heavy atom. The second kappa shape index (κ2) is 8.28. The molecule has 1 aromatic carbocycles. The third kappa shape index (κ3) is 6.92. The van der Waals surface area contributed by atoms with Gasteiger partial charge in [-0.05, 0) is 44.5 Å². The SMILES string of the molecule is CC(C)(C)OC(=O)N(CCN)C(=O)N/C=C/c1cccc(F)c1. The number of hydrogen-bond acceptors (Lipinski definition) is 4. The van der Waals surface area contributed by atoms with Crippen molar-refractivity contribution in [1.82, 2.24) is 10.2 Å². The van der Waals surface area contributed by atoms with Gasteiger partial charge in [0, 0.05) is 19.3 Å². The molecule has 0 aromatic heterocycles. The lowest BCUT2D eigenvalue weighted by molar-refractivity contribution is 0.0328. The molecule has 0 unspecified atom stereocenters. The number of nitrogens with zero attached hydrogens (tertiary/aromatic N) is 1. The highest BCUT2D eigenvalue weighted by Crippen LogP contribution is 2.10. The molecule has 1 rings (SSSR count). The van der Waals surface area contributed by atoms with Crippen LogP contribution in [0.2, 0.25) is 0 Å². The zero-order valence-electron chi connectivity index (χ0n) is 13.5. The van der Waals surface area contributed by atoms with Crippen molar-refractivity contribution in [2.24, 2.45) is 5.73 Å². The molecule has 1 aromatic rings. The molecule has 0 spiro atoms. The fraction of sp³-hybridized carbons (Fsp3) is 0.375. The number of nitrogens with two attached hydrogens (primary N) is 1. The molecule has 126 valence electrons. The second-order valence-corrected chi connectivity index (χ2v) is 5.76. The van der Waals surface area contributed by atoms with E-state index in [1.807, 2.05) is 0 Å². The zero-order chi connectivity index (χ0) is 17.5. The summed E-state index contributed by atoms with van der Waals surface area (Å²) in [6.45, 7) is 5.24. The largest absolute Gasteiger partial charge is 0.443 e. The Labute approximate surface area is 135 Å². The summed E-state index contributed by atoms with van der Waals surface area (Å²) in [5.74, 6) is -0.378. The molecule has 23 heavy (non-hydrogen) atoms. The van der Waals surface area contributed by atoms with Gasteiger partial charge in [-0.25, -0.2) is 18.9 Å². The molecular weight excluding hydrogens is 301 g/mol. The van der Waals surface area contributed by atoms with Gasteiger partial charge in [-0.15, -0.1) is 0 Å². The van der Waals surface area contributed by atoms with Crippen molar-refractivity contribution in [3.8, 4) is 0 Å². The first-order chi connectivity index (χ1) is 10.7. The van der Waals surface area contributed by atoms with Crippen LogP contribution in [0.4, 0.5) is 14.0 Å². The summed E-state index contributed by atoms with van der Waals surface area (Å²) in [4.78, 5) is 24.9. The third-order valence-electron chi connectivity index (χ3n) is 2.54. The van der Waals surface area contributed by atoms with Crippen molar-refractivity contribution in [3.63, 3.8) is 0 Å². The summed E-state index contributed by atoms with van der Waals surface area (Å²) in [5, 5.41) is 2.43. The van der Waals surface area contributed by atoms with Crippen molar-refractivity contribution in [1.29, 1.82) is 0 Å². The fourth-order valence-electron chi connectivity index (χ4n) is 1.62. The monoisotopic (exact) mass is 323 g/mol. The Kier molecular flexibility index (Phi) is 6.71. The number of rotatable bonds is 4. The van der Waals surface area contributed by atoms with Gasteiger partial charge in [0.15, 0.2) is 0 Å². The minimum Gasteiger partial charge on any atom is -0.443 e. The van der Waals surface area contributed by atoms with Crippen LogP contribution in [0.1, 0.15) is 26.3 Å². The average Bonchev–Trinajstić information content (AvgIpc) is 2.42. The standard InChI is InChI=1S/C16H22FN3O3/c1-16(2,3)23-15(22)20(10-8-18)14(21)19-9-7-12-5-4-6-13(17)11-12/h4-7,9,11H,8,10,18H2,1-3H3,(H,19,21)/b9-7+. The number of urea groups is 1. The summed E-state index contributed by atoms with van der Waals surface area (Å²) in [6, 6.07) is 5.20. The van der Waals surface area contributed by atoms with Gasteiger partial charge in [0.2, 0.25) is 0 Å². The molecule has 0 fully saturated rings. The first kappa shape index (κ1) is 18.6. The number of imide groups is 1. The van der Waals surface area contributed by atoms with Gasteiger partial charge in [0.05, 0.1) is 0 Å². The van der Waals surface area contributed by atoms with E-state index in [2.05, 4.69) is 5.32 Å². The van der Waals surface area contributed by atoms with E-state index in [-0.39, 0.29) is 18.9 Å². The Hall–Kier alpha value is -2.41. The molecule has 0 saturated carbocycles. The van der Waals surface area contributed by atoms with Crippen LogP contribution in [0.25, 0.3) is 6.08 Å². The van der Waals surface area contributed by atoms with Crippen LogP contribution in [0.5, 0.6) is 0 Å². The zero-order valence-corrected chi connectivity index (χ0v) is 13.5. The quantitative estimate of drug-likeness (QED) is 0.892. The van der Waals surface area contributed by atoms with Crippen molar-refractivity contribution in [3.05, 3.63) is 41.8 Å². The number of amides is 3. The Morgan fingerprint density at radius 1 is 1.39 bits per heavy atom. The predicted octanol–water partition coefficient (Wildman–Crippen LogP) is 2.70. The molecule has 0 bridgehead atoms. The lowest BCUT2D eigenvalue weighted by Crippen LogP contribution is -2.46. The molecule has 3 amide bonds. The van der Waals surface area contributed by atoms with Crippen LogP contribution < -0.4 is 11.1 Å². The van der Waals surface area contributed by atoms with Crippen LogP contribution >= 0.6 is 0 Å². The van der Waals surface area contributed by atoms with Gasteiger partial charge in [0.1, 0.15) is 11.4 Å². The number of carbonyl (C=O) groups is 2. The summed E-state index contributed by atoms with van der Waals surface area (Å²) in [7, 11) is 0. The van der Waals surface area contributed by atoms with Gasteiger partial charge in [-0.1, -0.05) is 12.1 Å². The van der Waals surface area contributed by atoms with E-state index >= 15 is 0 Å². The molecule has 0 heterocycles. The van der Waals surface area contributed by atoms with Gasteiger partial charge >= 0.3 is 12.1 Å². The lowest BCUT2D eigenvalue weighted by Gasteiger charge is -2.25. The number of ether oxygens (including phenoxy) is 1. The number of halogens is 1. The minimum absolute atomic E-state index is 0.0224. The summed E-state index contributed by atoms with van der Waals surface area (Å²) >= 11 is 0. The first-order valence-corrected chi connectivity index (χ1v) is 7.16. The predicted molar refractivity (Wildman–Crippen MR) is 86.0 cm³/mol. The average molecular weight is 323 g/mol. The van der Waals surface area contributed by atoms with Gasteiger partial charge in [0.25, 0.3) is 0 Å². The van der Waals surface area contributed by atoms with E-state index in [9.17, 15) is 14.0 Å². The smallest absolute Gasteiger partial charge is 0.418 e. The molecular formula is C16H22FN3O3. The molecule has 3 N–H and O–H groups in total.